The number of carbonyl (C=O) groups is 2. The smallest absolute Gasteiger partial charge is 0.276 e. The molecule has 0 saturated carbocycles. The summed E-state index contributed by atoms with van der Waals surface area (Å²) < 4.78 is 16.0. The third-order valence-corrected chi connectivity index (χ3v) is 6.72. The number of ether oxygens (including phenoxy) is 2. The van der Waals surface area contributed by atoms with Crippen LogP contribution in [0.1, 0.15) is 41.1 Å². The largest absolute Gasteiger partial charge is 0.493 e. The molecule has 1 aromatic carbocycles. The maximum absolute atomic E-state index is 13.0. The fourth-order valence-corrected chi connectivity index (χ4v) is 4.93. The summed E-state index contributed by atoms with van der Waals surface area (Å²) in [5.74, 6) is 2.81. The number of likely N-dealkylation sites (tertiary alicyclic amines) is 2. The number of piperidine rings is 1. The highest BCUT2D eigenvalue weighted by Crippen LogP contribution is 2.34. The lowest BCUT2D eigenvalue weighted by atomic mass is 9.82. The number of benzene rings is 1. The van der Waals surface area contributed by atoms with E-state index in [0.717, 1.165) is 24.2 Å². The number of para-hydroxylation sites is 1. The van der Waals surface area contributed by atoms with Crippen molar-refractivity contribution in [2.45, 2.75) is 32.6 Å². The maximum atomic E-state index is 13.0. The van der Waals surface area contributed by atoms with Gasteiger partial charge in [-0.2, -0.15) is 0 Å². The topological polar surface area (TPSA) is 85.1 Å². The second-order valence-corrected chi connectivity index (χ2v) is 8.66. The van der Waals surface area contributed by atoms with Gasteiger partial charge in [0.15, 0.2) is 17.2 Å². The second kappa shape index (κ2) is 9.63. The molecule has 0 bridgehead atoms. The van der Waals surface area contributed by atoms with Gasteiger partial charge in [-0.15, -0.1) is 0 Å². The van der Waals surface area contributed by atoms with Gasteiger partial charge in [0.2, 0.25) is 5.91 Å². The summed E-state index contributed by atoms with van der Waals surface area (Å²) in [6.45, 7) is 4.45. The summed E-state index contributed by atoms with van der Waals surface area (Å²) in [5.41, 5.74) is 1.39. The Labute approximate surface area is 188 Å². The van der Waals surface area contributed by atoms with Crippen molar-refractivity contribution >= 4 is 11.8 Å². The van der Waals surface area contributed by atoms with E-state index in [1.54, 1.807) is 27.2 Å². The number of aryl methyl sites for hydroxylation is 1. The first-order valence-electron chi connectivity index (χ1n) is 11.2. The van der Waals surface area contributed by atoms with Crippen LogP contribution < -0.4 is 9.47 Å². The second-order valence-electron chi connectivity index (χ2n) is 8.66. The monoisotopic (exact) mass is 441 g/mol. The minimum atomic E-state index is -0.0853. The Morgan fingerprint density at radius 2 is 2.00 bits per heavy atom. The summed E-state index contributed by atoms with van der Waals surface area (Å²) >= 11 is 0. The van der Waals surface area contributed by atoms with Crippen LogP contribution in [0.25, 0.3) is 0 Å². The quantitative estimate of drug-likeness (QED) is 0.685. The molecular formula is C24H31N3O5. The highest BCUT2D eigenvalue weighted by molar-refractivity contribution is 5.92. The van der Waals surface area contributed by atoms with Crippen molar-refractivity contribution in [3.05, 3.63) is 41.3 Å². The van der Waals surface area contributed by atoms with Crippen LogP contribution in [0.2, 0.25) is 0 Å². The SMILES string of the molecule is COc1cccc(CCN2CC[C@H]3CN(C(=O)c4cc(C)on4)CC[C@@H]3CC2=O)c1OC. The van der Waals surface area contributed by atoms with Gasteiger partial charge >= 0.3 is 0 Å². The maximum Gasteiger partial charge on any atom is 0.276 e. The fourth-order valence-electron chi connectivity index (χ4n) is 4.93. The molecule has 0 radical (unpaired) electrons. The lowest BCUT2D eigenvalue weighted by Gasteiger charge is -2.36. The molecule has 4 rings (SSSR count). The van der Waals surface area contributed by atoms with E-state index >= 15 is 0 Å². The highest BCUT2D eigenvalue weighted by atomic mass is 16.5. The van der Waals surface area contributed by atoms with Crippen LogP contribution in [0.15, 0.2) is 28.8 Å². The van der Waals surface area contributed by atoms with Crippen molar-refractivity contribution in [3.8, 4) is 11.5 Å². The minimum Gasteiger partial charge on any atom is -0.493 e. The average molecular weight is 442 g/mol. The Balaban J connectivity index is 1.38. The molecule has 2 saturated heterocycles. The first kappa shape index (κ1) is 22.2. The molecular weight excluding hydrogens is 410 g/mol. The Bertz CT molecular complexity index is 972. The third-order valence-electron chi connectivity index (χ3n) is 6.72. The normalized spacial score (nSPS) is 21.2. The van der Waals surface area contributed by atoms with Crippen LogP contribution in [0.5, 0.6) is 11.5 Å². The average Bonchev–Trinajstić information content (AvgIpc) is 3.17. The number of rotatable bonds is 6. The van der Waals surface area contributed by atoms with Crippen molar-refractivity contribution in [2.75, 3.05) is 40.4 Å². The Hall–Kier alpha value is -3.03. The van der Waals surface area contributed by atoms with E-state index in [-0.39, 0.29) is 11.8 Å². The number of fused-ring (bicyclic) bond motifs is 1. The molecule has 2 amide bonds. The van der Waals surface area contributed by atoms with Gasteiger partial charge in [0.1, 0.15) is 5.76 Å². The number of nitrogens with zero attached hydrogens (tertiary/aromatic N) is 3. The lowest BCUT2D eigenvalue weighted by molar-refractivity contribution is -0.131. The van der Waals surface area contributed by atoms with E-state index in [2.05, 4.69) is 5.16 Å². The van der Waals surface area contributed by atoms with E-state index < -0.39 is 0 Å². The molecule has 8 heteroatoms. The van der Waals surface area contributed by atoms with Gasteiger partial charge in [0.05, 0.1) is 14.2 Å². The van der Waals surface area contributed by atoms with Gasteiger partial charge < -0.3 is 23.8 Å². The number of hydrogen-bond donors (Lipinski definition) is 0. The summed E-state index contributed by atoms with van der Waals surface area (Å²) in [6, 6.07) is 7.51. The highest BCUT2D eigenvalue weighted by Gasteiger charge is 2.37. The first-order valence-corrected chi connectivity index (χ1v) is 11.2. The summed E-state index contributed by atoms with van der Waals surface area (Å²) in [6.07, 6.45) is 2.99. The van der Waals surface area contributed by atoms with Crippen LogP contribution >= 0.6 is 0 Å². The Morgan fingerprint density at radius 1 is 1.19 bits per heavy atom. The molecule has 2 aromatic rings. The van der Waals surface area contributed by atoms with Crippen LogP contribution in [-0.4, -0.2) is 67.2 Å². The van der Waals surface area contributed by atoms with Crippen LogP contribution in [0.3, 0.4) is 0 Å². The zero-order valence-electron chi connectivity index (χ0n) is 19.0. The molecule has 2 fully saturated rings. The molecule has 2 aliphatic heterocycles. The van der Waals surface area contributed by atoms with E-state index in [0.29, 0.717) is 68.1 Å². The van der Waals surface area contributed by atoms with Crippen molar-refractivity contribution in [1.29, 1.82) is 0 Å². The lowest BCUT2D eigenvalue weighted by Crippen LogP contribution is -2.44. The van der Waals surface area contributed by atoms with Crippen molar-refractivity contribution in [1.82, 2.24) is 15.0 Å². The summed E-state index contributed by atoms with van der Waals surface area (Å²) in [4.78, 5) is 29.6. The van der Waals surface area contributed by atoms with E-state index in [4.69, 9.17) is 14.0 Å². The molecule has 172 valence electrons. The van der Waals surface area contributed by atoms with Gasteiger partial charge in [-0.25, -0.2) is 0 Å². The van der Waals surface area contributed by atoms with E-state index in [1.807, 2.05) is 28.0 Å². The zero-order chi connectivity index (χ0) is 22.7. The number of amides is 2. The molecule has 8 nitrogen and oxygen atoms in total. The summed E-state index contributed by atoms with van der Waals surface area (Å²) in [7, 11) is 3.26. The fraction of sp³-hybridized carbons (Fsp3) is 0.542. The van der Waals surface area contributed by atoms with E-state index in [9.17, 15) is 9.59 Å². The van der Waals surface area contributed by atoms with E-state index in [1.165, 1.54) is 0 Å². The predicted molar refractivity (Wildman–Crippen MR) is 118 cm³/mol. The Kier molecular flexibility index (Phi) is 6.67. The van der Waals surface area contributed by atoms with Crippen LogP contribution in [0, 0.1) is 18.8 Å². The molecule has 3 heterocycles. The van der Waals surface area contributed by atoms with Gasteiger partial charge in [-0.05, 0) is 49.7 Å². The molecule has 0 spiro atoms. The molecule has 0 aliphatic carbocycles. The molecule has 0 N–H and O–H groups in total. The molecule has 2 aliphatic rings. The van der Waals surface area contributed by atoms with Gasteiger partial charge in [-0.3, -0.25) is 9.59 Å². The van der Waals surface area contributed by atoms with Crippen molar-refractivity contribution < 1.29 is 23.6 Å². The van der Waals surface area contributed by atoms with Gasteiger partial charge in [0, 0.05) is 38.7 Å². The van der Waals surface area contributed by atoms with Crippen molar-refractivity contribution in [3.63, 3.8) is 0 Å². The van der Waals surface area contributed by atoms with Crippen LogP contribution in [0.4, 0.5) is 0 Å². The molecule has 32 heavy (non-hydrogen) atoms. The van der Waals surface area contributed by atoms with Gasteiger partial charge in [-0.1, -0.05) is 17.3 Å². The van der Waals surface area contributed by atoms with Crippen LogP contribution in [-0.2, 0) is 11.2 Å². The zero-order valence-corrected chi connectivity index (χ0v) is 19.0. The molecule has 1 aromatic heterocycles. The number of methoxy groups -OCH3 is 2. The Morgan fingerprint density at radius 3 is 2.72 bits per heavy atom. The minimum absolute atomic E-state index is 0.0853. The number of hydrogen-bond acceptors (Lipinski definition) is 6. The first-order chi connectivity index (χ1) is 15.5. The standard InChI is InChI=1S/C24H31N3O5/c1-16-13-20(25-32-16)24(29)27-12-8-18-14-22(28)26(11-9-19(18)15-27)10-7-17-5-4-6-21(30-2)23(17)31-3/h4-6,13,18-19H,7-12,14-15H2,1-3H3/t18-,19+/m1/s1. The third kappa shape index (κ3) is 4.59. The summed E-state index contributed by atoms with van der Waals surface area (Å²) in [5, 5.41) is 3.87. The molecule has 0 unspecified atom stereocenters. The predicted octanol–water partition coefficient (Wildman–Crippen LogP) is 2.94. The molecule has 2 atom stereocenters. The number of carbonyl (C=O) groups excluding carboxylic acids is 2. The van der Waals surface area contributed by atoms with Crippen molar-refractivity contribution in [2.24, 2.45) is 11.8 Å². The number of aromatic nitrogens is 1. The van der Waals surface area contributed by atoms with Gasteiger partial charge in [0.25, 0.3) is 5.91 Å².